The van der Waals surface area contributed by atoms with Crippen molar-refractivity contribution in [1.82, 2.24) is 10.6 Å². The fourth-order valence-electron chi connectivity index (χ4n) is 4.74. The summed E-state index contributed by atoms with van der Waals surface area (Å²) in [6, 6.07) is 18.9. The number of nitrogens with one attached hydrogen (secondary N) is 3. The second-order valence-corrected chi connectivity index (χ2v) is 8.44. The van der Waals surface area contributed by atoms with Crippen molar-refractivity contribution in [1.29, 1.82) is 5.26 Å². The Hall–Kier alpha value is -3.04. The summed E-state index contributed by atoms with van der Waals surface area (Å²) in [4.78, 5) is 15.6. The Kier molecular flexibility index (Phi) is 6.73. The molecule has 1 aliphatic heterocycles. The maximum atomic E-state index is 13.2. The second kappa shape index (κ2) is 9.84. The van der Waals surface area contributed by atoms with Crippen molar-refractivity contribution in [3.63, 3.8) is 0 Å². The SMILES string of the molecule is N#CCNC(=O)C1(Nc2cc(-c3ccccc3)ccc2N2CCNCC2)CCCCC1. The van der Waals surface area contributed by atoms with Gasteiger partial charge in [-0.15, -0.1) is 0 Å². The Balaban J connectivity index is 1.72. The van der Waals surface area contributed by atoms with E-state index < -0.39 is 5.54 Å². The maximum absolute atomic E-state index is 13.2. The number of nitriles is 1. The minimum absolute atomic E-state index is 0.0387. The molecule has 6 nitrogen and oxygen atoms in total. The predicted octanol–water partition coefficient (Wildman–Crippen LogP) is 3.52. The van der Waals surface area contributed by atoms with Gasteiger partial charge in [-0.05, 0) is 36.1 Å². The van der Waals surface area contributed by atoms with E-state index in [2.05, 4.69) is 51.2 Å². The summed E-state index contributed by atoms with van der Waals surface area (Å²) in [6.07, 6.45) is 4.72. The normalized spacial score (nSPS) is 18.1. The number of carbonyl (C=O) groups excluding carboxylic acids is 1. The Morgan fingerprint density at radius 2 is 1.77 bits per heavy atom. The van der Waals surface area contributed by atoms with Crippen LogP contribution in [0.3, 0.4) is 0 Å². The van der Waals surface area contributed by atoms with Gasteiger partial charge in [-0.3, -0.25) is 4.79 Å². The van der Waals surface area contributed by atoms with Gasteiger partial charge < -0.3 is 20.9 Å². The van der Waals surface area contributed by atoms with Crippen LogP contribution in [-0.4, -0.2) is 44.2 Å². The van der Waals surface area contributed by atoms with Crippen LogP contribution in [0.4, 0.5) is 11.4 Å². The Morgan fingerprint density at radius 3 is 2.48 bits per heavy atom. The van der Waals surface area contributed by atoms with Crippen molar-refractivity contribution in [3.8, 4) is 17.2 Å². The molecule has 0 bridgehead atoms. The maximum Gasteiger partial charge on any atom is 0.246 e. The monoisotopic (exact) mass is 417 g/mol. The molecule has 0 atom stereocenters. The van der Waals surface area contributed by atoms with Gasteiger partial charge in [0.05, 0.1) is 17.4 Å². The minimum atomic E-state index is -0.673. The van der Waals surface area contributed by atoms with E-state index in [0.717, 1.165) is 80.8 Å². The number of hydrogen-bond donors (Lipinski definition) is 3. The number of amides is 1. The summed E-state index contributed by atoms with van der Waals surface area (Å²) in [5, 5.41) is 18.9. The lowest BCUT2D eigenvalue weighted by atomic mass is 9.80. The third-order valence-electron chi connectivity index (χ3n) is 6.41. The highest BCUT2D eigenvalue weighted by Crippen LogP contribution is 2.38. The van der Waals surface area contributed by atoms with E-state index in [1.165, 1.54) is 0 Å². The van der Waals surface area contributed by atoms with Crippen LogP contribution in [0.2, 0.25) is 0 Å². The molecule has 1 heterocycles. The van der Waals surface area contributed by atoms with Crippen molar-refractivity contribution in [2.45, 2.75) is 37.6 Å². The highest BCUT2D eigenvalue weighted by atomic mass is 16.2. The van der Waals surface area contributed by atoms with E-state index in [9.17, 15) is 4.79 Å². The molecule has 6 heteroatoms. The molecule has 31 heavy (non-hydrogen) atoms. The molecular formula is C25H31N5O. The van der Waals surface area contributed by atoms with Crippen LogP contribution in [0.25, 0.3) is 11.1 Å². The molecule has 4 rings (SSSR count). The minimum Gasteiger partial charge on any atom is -0.370 e. The topological polar surface area (TPSA) is 80.2 Å². The van der Waals surface area contributed by atoms with Crippen molar-refractivity contribution in [2.75, 3.05) is 42.9 Å². The summed E-state index contributed by atoms with van der Waals surface area (Å²) in [5.41, 5.74) is 3.75. The van der Waals surface area contributed by atoms with Gasteiger partial charge in [0.1, 0.15) is 12.1 Å². The van der Waals surface area contributed by atoms with Crippen molar-refractivity contribution in [2.24, 2.45) is 0 Å². The van der Waals surface area contributed by atoms with Crippen molar-refractivity contribution >= 4 is 17.3 Å². The second-order valence-electron chi connectivity index (χ2n) is 8.44. The predicted molar refractivity (Wildman–Crippen MR) is 125 cm³/mol. The molecule has 1 aliphatic carbocycles. The number of nitrogens with zero attached hydrogens (tertiary/aromatic N) is 2. The summed E-state index contributed by atoms with van der Waals surface area (Å²) in [7, 11) is 0. The molecule has 2 aromatic carbocycles. The molecule has 1 amide bonds. The molecule has 0 unspecified atom stereocenters. The average Bonchev–Trinajstić information content (AvgIpc) is 2.84. The van der Waals surface area contributed by atoms with Gasteiger partial charge in [0.2, 0.25) is 5.91 Å². The van der Waals surface area contributed by atoms with E-state index in [1.807, 2.05) is 24.3 Å². The Morgan fingerprint density at radius 1 is 1.03 bits per heavy atom. The number of piperazine rings is 1. The first-order valence-corrected chi connectivity index (χ1v) is 11.3. The molecule has 1 saturated carbocycles. The zero-order valence-electron chi connectivity index (χ0n) is 18.0. The zero-order valence-corrected chi connectivity index (χ0v) is 18.0. The molecule has 2 aromatic rings. The lowest BCUT2D eigenvalue weighted by molar-refractivity contribution is -0.126. The summed E-state index contributed by atoms with van der Waals surface area (Å²) >= 11 is 0. The fourth-order valence-corrected chi connectivity index (χ4v) is 4.74. The highest BCUT2D eigenvalue weighted by Gasteiger charge is 2.40. The third-order valence-corrected chi connectivity index (χ3v) is 6.41. The van der Waals surface area contributed by atoms with Crippen LogP contribution in [0.15, 0.2) is 48.5 Å². The van der Waals surface area contributed by atoms with E-state index in [1.54, 1.807) is 0 Å². The zero-order chi connectivity index (χ0) is 21.5. The third kappa shape index (κ3) is 4.83. The molecule has 2 fully saturated rings. The van der Waals surface area contributed by atoms with E-state index in [-0.39, 0.29) is 12.5 Å². The first-order chi connectivity index (χ1) is 15.2. The van der Waals surface area contributed by atoms with Crippen LogP contribution >= 0.6 is 0 Å². The van der Waals surface area contributed by atoms with E-state index in [0.29, 0.717) is 0 Å². The van der Waals surface area contributed by atoms with E-state index >= 15 is 0 Å². The van der Waals surface area contributed by atoms with Crippen LogP contribution in [0.1, 0.15) is 32.1 Å². The molecule has 1 saturated heterocycles. The van der Waals surface area contributed by atoms with Gasteiger partial charge >= 0.3 is 0 Å². The molecule has 0 radical (unpaired) electrons. The van der Waals surface area contributed by atoms with Crippen LogP contribution in [0, 0.1) is 11.3 Å². The molecule has 162 valence electrons. The quantitative estimate of drug-likeness (QED) is 0.627. The molecule has 0 spiro atoms. The fraction of sp³-hybridized carbons (Fsp3) is 0.440. The molecule has 0 aromatic heterocycles. The average molecular weight is 418 g/mol. The largest absolute Gasteiger partial charge is 0.370 e. The van der Waals surface area contributed by atoms with Crippen LogP contribution in [-0.2, 0) is 4.79 Å². The van der Waals surface area contributed by atoms with Gasteiger partial charge in [0.25, 0.3) is 0 Å². The van der Waals surface area contributed by atoms with Crippen LogP contribution in [0.5, 0.6) is 0 Å². The summed E-state index contributed by atoms with van der Waals surface area (Å²) < 4.78 is 0. The smallest absolute Gasteiger partial charge is 0.246 e. The number of rotatable bonds is 6. The standard InChI is InChI=1S/C25H31N5O/c26-13-14-28-24(31)25(11-5-2-6-12-25)29-22-19-21(20-7-3-1-4-8-20)9-10-23(22)30-17-15-27-16-18-30/h1,3-4,7-10,19,27,29H,2,5-6,11-12,14-18H2,(H,28,31). The Labute approximate surface area is 184 Å². The first kappa shape index (κ1) is 21.2. The Bertz CT molecular complexity index is 925. The lowest BCUT2D eigenvalue weighted by Gasteiger charge is -2.39. The van der Waals surface area contributed by atoms with Gasteiger partial charge in [-0.25, -0.2) is 0 Å². The van der Waals surface area contributed by atoms with Crippen LogP contribution < -0.4 is 20.9 Å². The first-order valence-electron chi connectivity index (χ1n) is 11.3. The van der Waals surface area contributed by atoms with Gasteiger partial charge in [-0.1, -0.05) is 55.7 Å². The number of benzene rings is 2. The van der Waals surface area contributed by atoms with Gasteiger partial charge in [0.15, 0.2) is 0 Å². The van der Waals surface area contributed by atoms with Gasteiger partial charge in [-0.2, -0.15) is 5.26 Å². The van der Waals surface area contributed by atoms with Gasteiger partial charge in [0, 0.05) is 26.2 Å². The number of anilines is 2. The van der Waals surface area contributed by atoms with Crippen molar-refractivity contribution in [3.05, 3.63) is 48.5 Å². The summed E-state index contributed by atoms with van der Waals surface area (Å²) in [6.45, 7) is 3.82. The lowest BCUT2D eigenvalue weighted by Crippen LogP contribution is -2.54. The molecule has 3 N–H and O–H groups in total. The molecule has 2 aliphatic rings. The highest BCUT2D eigenvalue weighted by molar-refractivity contribution is 5.92. The number of carbonyl (C=O) groups is 1. The van der Waals surface area contributed by atoms with E-state index in [4.69, 9.17) is 5.26 Å². The molecular weight excluding hydrogens is 386 g/mol. The van der Waals surface area contributed by atoms with Crippen molar-refractivity contribution < 1.29 is 4.79 Å². The number of hydrogen-bond acceptors (Lipinski definition) is 5. The summed E-state index contributed by atoms with van der Waals surface area (Å²) in [5.74, 6) is -0.0647.